The van der Waals surface area contributed by atoms with Gasteiger partial charge in [0.2, 0.25) is 0 Å². The summed E-state index contributed by atoms with van der Waals surface area (Å²) in [6, 6.07) is 0. The maximum absolute atomic E-state index is 10.8. The molecule has 0 aromatic heterocycles. The maximum Gasteiger partial charge on any atom is 0.132 e. The van der Waals surface area contributed by atoms with Gasteiger partial charge in [-0.3, -0.25) is 4.79 Å². The highest BCUT2D eigenvalue weighted by Crippen LogP contribution is 2.27. The van der Waals surface area contributed by atoms with Crippen LogP contribution in [0, 0.1) is 5.92 Å². The molecule has 1 fully saturated rings. The lowest BCUT2D eigenvalue weighted by atomic mass is 10.0. The predicted octanol–water partition coefficient (Wildman–Crippen LogP) is 1.39. The lowest BCUT2D eigenvalue weighted by molar-refractivity contribution is -0.120. The summed E-state index contributed by atoms with van der Waals surface area (Å²) in [5.74, 6) is 0.442. The number of hydrogen-bond donors (Lipinski definition) is 0. The molecule has 0 aromatic rings. The van der Waals surface area contributed by atoms with Crippen molar-refractivity contribution in [3.63, 3.8) is 0 Å². The molecule has 1 rings (SSSR count). The minimum absolute atomic E-state index is 0.176. The summed E-state index contributed by atoms with van der Waals surface area (Å²) in [4.78, 5) is 10.8. The van der Waals surface area contributed by atoms with Crippen LogP contribution in [0.1, 0.15) is 27.2 Å². The molecule has 0 spiro atoms. The first-order valence-corrected chi connectivity index (χ1v) is 3.77. The second-order valence-corrected chi connectivity index (χ2v) is 3.13. The number of Topliss-reactive ketones (excluding diaryl/α,β-unsaturated/α-hetero) is 1. The van der Waals surface area contributed by atoms with Gasteiger partial charge < -0.3 is 4.74 Å². The molecule has 0 aromatic carbocycles. The second kappa shape index (κ2) is 2.70. The Morgan fingerprint density at radius 3 is 2.50 bits per heavy atom. The lowest BCUT2D eigenvalue weighted by Crippen LogP contribution is -2.09. The first-order chi connectivity index (χ1) is 4.61. The fourth-order valence-corrected chi connectivity index (χ4v) is 0.992. The van der Waals surface area contributed by atoms with Crippen molar-refractivity contribution < 1.29 is 9.53 Å². The molecule has 1 heterocycles. The summed E-state index contributed by atoms with van der Waals surface area (Å²) in [5, 5.41) is 0. The average Bonchev–Trinajstić information content (AvgIpc) is 2.46. The number of carbonyl (C=O) groups is 1. The highest BCUT2D eigenvalue weighted by Gasteiger charge is 2.35. The molecule has 1 aliphatic rings. The molecule has 0 bridgehead atoms. The number of rotatable bonds is 3. The zero-order valence-electron chi connectivity index (χ0n) is 6.76. The van der Waals surface area contributed by atoms with E-state index < -0.39 is 0 Å². The van der Waals surface area contributed by atoms with E-state index in [9.17, 15) is 4.79 Å². The third-order valence-electron chi connectivity index (χ3n) is 2.12. The molecule has 58 valence electrons. The van der Waals surface area contributed by atoms with Gasteiger partial charge >= 0.3 is 0 Å². The topological polar surface area (TPSA) is 29.6 Å². The molecule has 3 atom stereocenters. The van der Waals surface area contributed by atoms with Crippen molar-refractivity contribution >= 4 is 5.78 Å². The molecule has 10 heavy (non-hydrogen) atoms. The smallest absolute Gasteiger partial charge is 0.132 e. The van der Waals surface area contributed by atoms with Crippen molar-refractivity contribution in [2.45, 2.75) is 39.4 Å². The Morgan fingerprint density at radius 2 is 2.20 bits per heavy atom. The van der Waals surface area contributed by atoms with Crippen LogP contribution in [-0.2, 0) is 9.53 Å². The van der Waals surface area contributed by atoms with Crippen molar-refractivity contribution in [3.8, 4) is 0 Å². The van der Waals surface area contributed by atoms with E-state index in [-0.39, 0.29) is 11.7 Å². The largest absolute Gasteiger partial charge is 0.370 e. The Morgan fingerprint density at radius 1 is 1.70 bits per heavy atom. The number of carbonyl (C=O) groups excluding carboxylic acids is 1. The quantitative estimate of drug-likeness (QED) is 0.557. The van der Waals surface area contributed by atoms with Gasteiger partial charge in [0.15, 0.2) is 0 Å². The van der Waals surface area contributed by atoms with Gasteiger partial charge in [-0.25, -0.2) is 0 Å². The van der Waals surface area contributed by atoms with Crippen molar-refractivity contribution in [1.82, 2.24) is 0 Å². The lowest BCUT2D eigenvalue weighted by Gasteiger charge is -2.02. The molecule has 2 nitrogen and oxygen atoms in total. The monoisotopic (exact) mass is 142 g/mol. The van der Waals surface area contributed by atoms with Crippen molar-refractivity contribution in [3.05, 3.63) is 0 Å². The fourth-order valence-electron chi connectivity index (χ4n) is 0.992. The molecule has 3 unspecified atom stereocenters. The molecule has 1 saturated heterocycles. The summed E-state index contributed by atoms with van der Waals surface area (Å²) >= 11 is 0. The van der Waals surface area contributed by atoms with Crippen LogP contribution in [0.15, 0.2) is 0 Å². The van der Waals surface area contributed by atoms with E-state index in [0.29, 0.717) is 12.2 Å². The summed E-state index contributed by atoms with van der Waals surface area (Å²) in [6.07, 6.45) is 1.65. The summed E-state index contributed by atoms with van der Waals surface area (Å²) < 4.78 is 5.19. The third kappa shape index (κ3) is 1.81. The van der Waals surface area contributed by atoms with Crippen LogP contribution in [0.5, 0.6) is 0 Å². The summed E-state index contributed by atoms with van der Waals surface area (Å²) in [5.41, 5.74) is 0. The van der Waals surface area contributed by atoms with Crippen molar-refractivity contribution in [2.75, 3.05) is 0 Å². The van der Waals surface area contributed by atoms with Crippen LogP contribution < -0.4 is 0 Å². The fraction of sp³-hybridized carbons (Fsp3) is 0.875. The zero-order chi connectivity index (χ0) is 7.72. The molecule has 1 aliphatic heterocycles. The maximum atomic E-state index is 10.8. The zero-order valence-corrected chi connectivity index (χ0v) is 6.76. The van der Waals surface area contributed by atoms with E-state index in [1.165, 1.54) is 0 Å². The van der Waals surface area contributed by atoms with Gasteiger partial charge in [0.05, 0.1) is 12.2 Å². The van der Waals surface area contributed by atoms with Crippen molar-refractivity contribution in [2.24, 2.45) is 5.92 Å². The minimum Gasteiger partial charge on any atom is -0.370 e. The number of ketones is 1. The van der Waals surface area contributed by atoms with Gasteiger partial charge in [0.25, 0.3) is 0 Å². The van der Waals surface area contributed by atoms with Crippen molar-refractivity contribution in [1.29, 1.82) is 0 Å². The molecule has 0 aliphatic carbocycles. The number of ether oxygens (including phenoxy) is 1. The van der Waals surface area contributed by atoms with E-state index in [1.807, 2.05) is 13.8 Å². The SMILES string of the molecule is CC(=O)C(C)CC1OC1C. The Balaban J connectivity index is 2.19. The highest BCUT2D eigenvalue weighted by molar-refractivity contribution is 5.77. The van der Waals surface area contributed by atoms with Gasteiger partial charge in [0.1, 0.15) is 5.78 Å². The van der Waals surface area contributed by atoms with E-state index in [4.69, 9.17) is 4.74 Å². The molecule has 2 heteroatoms. The van der Waals surface area contributed by atoms with Gasteiger partial charge in [-0.15, -0.1) is 0 Å². The molecule has 0 radical (unpaired) electrons. The molecule has 0 saturated carbocycles. The van der Waals surface area contributed by atoms with Gasteiger partial charge in [-0.05, 0) is 20.3 Å². The van der Waals surface area contributed by atoms with Crippen LogP contribution in [0.3, 0.4) is 0 Å². The Bertz CT molecular complexity index is 142. The van der Waals surface area contributed by atoms with Crippen LogP contribution in [0.2, 0.25) is 0 Å². The van der Waals surface area contributed by atoms with E-state index >= 15 is 0 Å². The number of epoxide rings is 1. The van der Waals surface area contributed by atoms with E-state index in [2.05, 4.69) is 0 Å². The number of hydrogen-bond acceptors (Lipinski definition) is 2. The molecule has 0 N–H and O–H groups in total. The third-order valence-corrected chi connectivity index (χ3v) is 2.12. The first kappa shape index (κ1) is 7.73. The van der Waals surface area contributed by atoms with E-state index in [0.717, 1.165) is 6.42 Å². The normalized spacial score (nSPS) is 33.5. The van der Waals surface area contributed by atoms with Crippen LogP contribution in [0.4, 0.5) is 0 Å². The Hall–Kier alpha value is -0.370. The Kier molecular flexibility index (Phi) is 2.09. The summed E-state index contributed by atoms with van der Waals surface area (Å²) in [7, 11) is 0. The molecular formula is C8H14O2. The van der Waals surface area contributed by atoms with Crippen LogP contribution in [0.25, 0.3) is 0 Å². The average molecular weight is 142 g/mol. The molecule has 0 amide bonds. The highest BCUT2D eigenvalue weighted by atomic mass is 16.6. The second-order valence-electron chi connectivity index (χ2n) is 3.13. The van der Waals surface area contributed by atoms with Gasteiger partial charge in [-0.2, -0.15) is 0 Å². The Labute approximate surface area is 61.6 Å². The van der Waals surface area contributed by atoms with Gasteiger partial charge in [-0.1, -0.05) is 6.92 Å². The minimum atomic E-state index is 0.176. The van der Waals surface area contributed by atoms with Crippen LogP contribution >= 0.6 is 0 Å². The first-order valence-electron chi connectivity index (χ1n) is 3.77. The standard InChI is InChI=1S/C8H14O2/c1-5(6(2)9)4-8-7(3)10-8/h5,7-8H,4H2,1-3H3. The van der Waals surface area contributed by atoms with Gasteiger partial charge in [0, 0.05) is 5.92 Å². The van der Waals surface area contributed by atoms with E-state index in [1.54, 1.807) is 6.92 Å². The molecular weight excluding hydrogens is 128 g/mol. The predicted molar refractivity (Wildman–Crippen MR) is 38.8 cm³/mol. The summed E-state index contributed by atoms with van der Waals surface area (Å²) in [6.45, 7) is 5.63. The van der Waals surface area contributed by atoms with Crippen LogP contribution in [-0.4, -0.2) is 18.0 Å².